The van der Waals surface area contributed by atoms with Crippen LogP contribution in [0.3, 0.4) is 0 Å². The van der Waals surface area contributed by atoms with Crippen LogP contribution in [0.1, 0.15) is 52.9 Å². The molecule has 0 spiro atoms. The lowest BCUT2D eigenvalue weighted by molar-refractivity contribution is 0.140. The Morgan fingerprint density at radius 3 is 2.11 bits per heavy atom. The van der Waals surface area contributed by atoms with Crippen molar-refractivity contribution >= 4 is 10.1 Å². The number of rotatable bonds is 5. The maximum absolute atomic E-state index is 10.9. The van der Waals surface area contributed by atoms with Gasteiger partial charge in [-0.25, -0.2) is 0 Å². The van der Waals surface area contributed by atoms with Crippen molar-refractivity contribution in [2.24, 2.45) is 28.9 Å². The Labute approximate surface area is 117 Å². The molecule has 0 bridgehead atoms. The molecular weight excluding hydrogens is 262 g/mol. The summed E-state index contributed by atoms with van der Waals surface area (Å²) in [5, 5.41) is 0. The van der Waals surface area contributed by atoms with E-state index < -0.39 is 10.1 Å². The molecule has 0 radical (unpaired) electrons. The summed E-state index contributed by atoms with van der Waals surface area (Å²) in [5.41, 5.74) is 5.99. The van der Waals surface area contributed by atoms with Gasteiger partial charge >= 0.3 is 0 Å². The fourth-order valence-corrected chi connectivity index (χ4v) is 4.13. The summed E-state index contributed by atoms with van der Waals surface area (Å²) in [5.74, 6) is 1.03. The molecule has 0 aromatic carbocycles. The largest absolute Gasteiger partial charge is 0.330 e. The third kappa shape index (κ3) is 6.23. The average Bonchev–Trinajstić information content (AvgIpc) is 2.26. The van der Waals surface area contributed by atoms with Crippen molar-refractivity contribution in [2.45, 2.75) is 52.9 Å². The second kappa shape index (κ2) is 6.55. The smallest absolute Gasteiger partial charge is 0.265 e. The molecule has 1 aliphatic carbocycles. The van der Waals surface area contributed by atoms with Crippen molar-refractivity contribution in [3.05, 3.63) is 0 Å². The van der Waals surface area contributed by atoms with Gasteiger partial charge in [-0.2, -0.15) is 8.42 Å². The first-order chi connectivity index (χ1) is 8.62. The van der Waals surface area contributed by atoms with E-state index in [9.17, 15) is 8.42 Å². The van der Waals surface area contributed by atoms with Gasteiger partial charge in [0.25, 0.3) is 10.1 Å². The first kappa shape index (κ1) is 16.9. The molecule has 19 heavy (non-hydrogen) atoms. The summed E-state index contributed by atoms with van der Waals surface area (Å²) < 4.78 is 30.8. The Balaban J connectivity index is 2.43. The second-order valence-corrected chi connectivity index (χ2v) is 8.67. The maximum Gasteiger partial charge on any atom is 0.265 e. The molecule has 114 valence electrons. The predicted molar refractivity (Wildman–Crippen MR) is 78.5 cm³/mol. The normalized spacial score (nSPS) is 27.2. The monoisotopic (exact) mass is 291 g/mol. The Kier molecular flexibility index (Phi) is 5.83. The fourth-order valence-electron chi connectivity index (χ4n) is 3.27. The van der Waals surface area contributed by atoms with Gasteiger partial charge in [0.2, 0.25) is 0 Å². The summed E-state index contributed by atoms with van der Waals surface area (Å²) in [6.45, 7) is 7.20. The molecule has 1 unspecified atom stereocenters. The highest BCUT2D eigenvalue weighted by Gasteiger charge is 2.31. The molecule has 1 atom stereocenters. The zero-order chi connectivity index (χ0) is 14.7. The van der Waals surface area contributed by atoms with Crippen LogP contribution in [-0.4, -0.2) is 25.3 Å². The first-order valence-electron chi connectivity index (χ1n) is 7.27. The molecule has 0 amide bonds. The molecule has 3 N–H and O–H groups in total. The van der Waals surface area contributed by atoms with Crippen molar-refractivity contribution in [1.29, 1.82) is 0 Å². The summed E-state index contributed by atoms with van der Waals surface area (Å²) >= 11 is 0. The van der Waals surface area contributed by atoms with Crippen molar-refractivity contribution in [3.63, 3.8) is 0 Å². The minimum atomic E-state index is -3.90. The Morgan fingerprint density at radius 1 is 1.21 bits per heavy atom. The van der Waals surface area contributed by atoms with Crippen LogP contribution in [0.25, 0.3) is 0 Å². The highest BCUT2D eigenvalue weighted by Crippen LogP contribution is 2.41. The standard InChI is InChI=1S/C14H29NO3S/c1-14(2,3)13-6-4-11(5-7-13)8-12(9-15)10-19(16,17)18/h11-13H,4-10,15H2,1-3H3,(H,16,17,18). The lowest BCUT2D eigenvalue weighted by Gasteiger charge is -2.37. The molecule has 1 aliphatic rings. The van der Waals surface area contributed by atoms with E-state index in [0.717, 1.165) is 25.2 Å². The third-order valence-corrected chi connectivity index (χ3v) is 5.41. The second-order valence-electron chi connectivity index (χ2n) is 7.17. The van der Waals surface area contributed by atoms with E-state index in [1.807, 2.05) is 0 Å². The molecule has 1 rings (SSSR count). The topological polar surface area (TPSA) is 80.4 Å². The van der Waals surface area contributed by atoms with Gasteiger partial charge in [-0.3, -0.25) is 4.55 Å². The third-order valence-electron chi connectivity index (χ3n) is 4.52. The van der Waals surface area contributed by atoms with Gasteiger partial charge in [-0.15, -0.1) is 0 Å². The van der Waals surface area contributed by atoms with E-state index >= 15 is 0 Å². The SMILES string of the molecule is CC(C)(C)C1CCC(CC(CN)CS(=O)(=O)O)CC1. The van der Waals surface area contributed by atoms with E-state index in [0.29, 0.717) is 17.9 Å². The minimum absolute atomic E-state index is 0.105. The molecule has 1 saturated carbocycles. The summed E-state index contributed by atoms with van der Waals surface area (Å²) in [6.07, 6.45) is 5.58. The lowest BCUT2D eigenvalue weighted by Crippen LogP contribution is -2.29. The van der Waals surface area contributed by atoms with Crippen molar-refractivity contribution in [2.75, 3.05) is 12.3 Å². The van der Waals surface area contributed by atoms with Crippen molar-refractivity contribution < 1.29 is 13.0 Å². The molecule has 0 aromatic rings. The molecule has 4 nitrogen and oxygen atoms in total. The minimum Gasteiger partial charge on any atom is -0.330 e. The van der Waals surface area contributed by atoms with Gasteiger partial charge in [-0.05, 0) is 49.0 Å². The molecule has 0 aliphatic heterocycles. The zero-order valence-electron chi connectivity index (χ0n) is 12.4. The highest BCUT2D eigenvalue weighted by atomic mass is 32.2. The maximum atomic E-state index is 10.9. The molecule has 0 saturated heterocycles. The Morgan fingerprint density at radius 2 is 1.74 bits per heavy atom. The first-order valence-corrected chi connectivity index (χ1v) is 8.88. The van der Waals surface area contributed by atoms with Gasteiger partial charge < -0.3 is 5.73 Å². The van der Waals surface area contributed by atoms with Gasteiger partial charge in [0, 0.05) is 0 Å². The number of nitrogens with two attached hydrogens (primary N) is 1. The predicted octanol–water partition coefficient (Wildman–Crippen LogP) is 2.69. The van der Waals surface area contributed by atoms with Gasteiger partial charge in [0.1, 0.15) is 0 Å². The van der Waals surface area contributed by atoms with E-state index in [1.165, 1.54) is 12.8 Å². The quantitative estimate of drug-likeness (QED) is 0.763. The van der Waals surface area contributed by atoms with E-state index in [1.54, 1.807) is 0 Å². The average molecular weight is 291 g/mol. The van der Waals surface area contributed by atoms with Crippen molar-refractivity contribution in [1.82, 2.24) is 0 Å². The van der Waals surface area contributed by atoms with Gasteiger partial charge in [0.15, 0.2) is 0 Å². The molecule has 5 heteroatoms. The van der Waals surface area contributed by atoms with Crippen LogP contribution in [0.15, 0.2) is 0 Å². The van der Waals surface area contributed by atoms with Crippen molar-refractivity contribution in [3.8, 4) is 0 Å². The fraction of sp³-hybridized carbons (Fsp3) is 1.00. The Bertz CT molecular complexity index is 365. The van der Waals surface area contributed by atoms with Crippen LogP contribution in [0.4, 0.5) is 0 Å². The van der Waals surface area contributed by atoms with Crippen LogP contribution in [-0.2, 0) is 10.1 Å². The molecule has 1 fully saturated rings. The van der Waals surface area contributed by atoms with E-state index in [4.69, 9.17) is 10.3 Å². The Hall–Kier alpha value is -0.130. The summed E-state index contributed by atoms with van der Waals surface area (Å²) in [6, 6.07) is 0. The summed E-state index contributed by atoms with van der Waals surface area (Å²) in [7, 11) is -3.90. The lowest BCUT2D eigenvalue weighted by atomic mass is 9.68. The number of hydrogen-bond acceptors (Lipinski definition) is 3. The van der Waals surface area contributed by atoms with Crippen LogP contribution in [0.2, 0.25) is 0 Å². The van der Waals surface area contributed by atoms with E-state index in [2.05, 4.69) is 20.8 Å². The van der Waals surface area contributed by atoms with E-state index in [-0.39, 0.29) is 11.7 Å². The molecular formula is C14H29NO3S. The number of hydrogen-bond donors (Lipinski definition) is 2. The van der Waals surface area contributed by atoms with Gasteiger partial charge in [-0.1, -0.05) is 33.6 Å². The zero-order valence-corrected chi connectivity index (χ0v) is 13.2. The van der Waals surface area contributed by atoms with Crippen LogP contribution >= 0.6 is 0 Å². The highest BCUT2D eigenvalue weighted by molar-refractivity contribution is 7.85. The van der Waals surface area contributed by atoms with Gasteiger partial charge in [0.05, 0.1) is 5.75 Å². The molecule has 0 heterocycles. The molecule has 0 aromatic heterocycles. The summed E-state index contributed by atoms with van der Waals surface area (Å²) in [4.78, 5) is 0. The van der Waals surface area contributed by atoms with Crippen LogP contribution < -0.4 is 5.73 Å². The van der Waals surface area contributed by atoms with Crippen LogP contribution in [0.5, 0.6) is 0 Å². The van der Waals surface area contributed by atoms with Crippen LogP contribution in [0, 0.1) is 23.2 Å².